The Labute approximate surface area is 98.4 Å². The normalized spacial score (nSPS) is 31.2. The highest BCUT2D eigenvalue weighted by atomic mass is 15.2. The van der Waals surface area contributed by atoms with Crippen LogP contribution < -0.4 is 11.1 Å². The molecule has 1 saturated heterocycles. The van der Waals surface area contributed by atoms with Crippen molar-refractivity contribution in [2.75, 3.05) is 19.6 Å². The van der Waals surface area contributed by atoms with Gasteiger partial charge in [0.25, 0.3) is 0 Å². The molecule has 3 N–H and O–H groups in total. The molecule has 1 heterocycles. The van der Waals surface area contributed by atoms with Crippen LogP contribution in [0.15, 0.2) is 24.2 Å². The number of nitrogens with zero attached hydrogens (tertiary/aromatic N) is 1. The zero-order valence-electron chi connectivity index (χ0n) is 10.6. The van der Waals surface area contributed by atoms with Gasteiger partial charge in [-0.2, -0.15) is 0 Å². The van der Waals surface area contributed by atoms with Crippen LogP contribution in [-0.4, -0.2) is 24.5 Å². The van der Waals surface area contributed by atoms with Crippen LogP contribution in [0.1, 0.15) is 20.8 Å². The van der Waals surface area contributed by atoms with Gasteiger partial charge in [0.15, 0.2) is 0 Å². The van der Waals surface area contributed by atoms with Crippen molar-refractivity contribution < 1.29 is 0 Å². The van der Waals surface area contributed by atoms with Crippen LogP contribution in [0, 0.1) is 17.3 Å². The highest BCUT2D eigenvalue weighted by molar-refractivity contribution is 5.16. The Morgan fingerprint density at radius 1 is 1.50 bits per heavy atom. The molecular formula is C13H23N3. The van der Waals surface area contributed by atoms with Crippen LogP contribution in [0.4, 0.5) is 0 Å². The van der Waals surface area contributed by atoms with Gasteiger partial charge in [0.05, 0.1) is 6.54 Å². The van der Waals surface area contributed by atoms with Crippen LogP contribution in [0.5, 0.6) is 0 Å². The average Bonchev–Trinajstić information content (AvgIpc) is 2.70. The van der Waals surface area contributed by atoms with Crippen molar-refractivity contribution >= 4 is 0 Å². The molecule has 0 radical (unpaired) electrons. The van der Waals surface area contributed by atoms with E-state index in [1.807, 2.05) is 6.92 Å². The monoisotopic (exact) mass is 221 g/mol. The first kappa shape index (κ1) is 11.4. The molecule has 1 aliphatic carbocycles. The van der Waals surface area contributed by atoms with Gasteiger partial charge in [0.2, 0.25) is 0 Å². The van der Waals surface area contributed by atoms with Gasteiger partial charge in [-0.05, 0) is 24.2 Å². The molecule has 3 nitrogen and oxygen atoms in total. The van der Waals surface area contributed by atoms with Gasteiger partial charge in [0, 0.05) is 30.7 Å². The van der Waals surface area contributed by atoms with Crippen LogP contribution in [0.3, 0.4) is 0 Å². The topological polar surface area (TPSA) is 41.3 Å². The van der Waals surface area contributed by atoms with E-state index in [1.165, 1.54) is 18.8 Å². The summed E-state index contributed by atoms with van der Waals surface area (Å²) in [7, 11) is 0. The summed E-state index contributed by atoms with van der Waals surface area (Å²) < 4.78 is 0. The molecule has 0 aromatic rings. The molecule has 0 bridgehead atoms. The van der Waals surface area contributed by atoms with Crippen LogP contribution >= 0.6 is 0 Å². The summed E-state index contributed by atoms with van der Waals surface area (Å²) in [6.07, 6.45) is 1.60. The second-order valence-electron chi connectivity index (χ2n) is 5.71. The third-order valence-electron chi connectivity index (χ3n) is 4.39. The number of nitrogens with two attached hydrogens (primary N) is 1. The zero-order valence-corrected chi connectivity index (χ0v) is 10.6. The van der Waals surface area contributed by atoms with Crippen molar-refractivity contribution in [1.29, 1.82) is 0 Å². The number of likely N-dealkylation sites (tertiary alicyclic amines) is 1. The van der Waals surface area contributed by atoms with E-state index >= 15 is 0 Å². The highest BCUT2D eigenvalue weighted by Gasteiger charge is 2.61. The average molecular weight is 221 g/mol. The number of rotatable bonds is 4. The van der Waals surface area contributed by atoms with Crippen LogP contribution in [-0.2, 0) is 0 Å². The lowest BCUT2D eigenvalue weighted by Gasteiger charge is -2.26. The molecule has 0 amide bonds. The summed E-state index contributed by atoms with van der Waals surface area (Å²) >= 11 is 0. The first-order valence-corrected chi connectivity index (χ1v) is 6.02. The molecule has 2 rings (SSSR count). The van der Waals surface area contributed by atoms with E-state index in [4.69, 9.17) is 5.73 Å². The maximum absolute atomic E-state index is 5.41. The summed E-state index contributed by atoms with van der Waals surface area (Å²) in [6, 6.07) is 0. The fourth-order valence-corrected chi connectivity index (χ4v) is 2.80. The molecule has 1 saturated carbocycles. The molecule has 2 atom stereocenters. The Kier molecular flexibility index (Phi) is 2.64. The highest BCUT2D eigenvalue weighted by Crippen LogP contribution is 2.62. The maximum Gasteiger partial charge on any atom is 0.0541 e. The Morgan fingerprint density at radius 3 is 2.56 bits per heavy atom. The van der Waals surface area contributed by atoms with Crippen molar-refractivity contribution in [2.24, 2.45) is 23.0 Å². The third-order valence-corrected chi connectivity index (χ3v) is 4.39. The van der Waals surface area contributed by atoms with Gasteiger partial charge < -0.3 is 16.0 Å². The van der Waals surface area contributed by atoms with Gasteiger partial charge in [0.1, 0.15) is 0 Å². The molecule has 2 aliphatic rings. The predicted octanol–water partition coefficient (Wildman–Crippen LogP) is 1.50. The molecular weight excluding hydrogens is 198 g/mol. The summed E-state index contributed by atoms with van der Waals surface area (Å²) in [6.45, 7) is 14.0. The molecule has 0 aromatic carbocycles. The Balaban J connectivity index is 1.77. The smallest absolute Gasteiger partial charge is 0.0541 e. The number of piperidine rings is 1. The molecule has 1 aliphatic heterocycles. The van der Waals surface area contributed by atoms with Gasteiger partial charge in [-0.1, -0.05) is 20.4 Å². The molecule has 0 aromatic heterocycles. The van der Waals surface area contributed by atoms with Crippen molar-refractivity contribution in [1.82, 2.24) is 10.2 Å². The van der Waals surface area contributed by atoms with E-state index in [2.05, 4.69) is 30.6 Å². The van der Waals surface area contributed by atoms with E-state index in [0.29, 0.717) is 5.41 Å². The number of hydrogen-bond acceptors (Lipinski definition) is 3. The molecule has 3 heteroatoms. The first-order valence-electron chi connectivity index (χ1n) is 6.02. The van der Waals surface area contributed by atoms with E-state index in [1.54, 1.807) is 6.20 Å². The number of allylic oxidation sites excluding steroid dienone is 1. The maximum atomic E-state index is 5.41. The Bertz CT molecular complexity index is 316. The molecule has 90 valence electrons. The minimum Gasteiger partial charge on any atom is -0.403 e. The largest absolute Gasteiger partial charge is 0.403 e. The summed E-state index contributed by atoms with van der Waals surface area (Å²) in [5, 5.41) is 3.25. The number of fused-ring (bicyclic) bond motifs is 1. The minimum absolute atomic E-state index is 0.581. The van der Waals surface area contributed by atoms with Crippen molar-refractivity contribution in [3.05, 3.63) is 24.2 Å². The lowest BCUT2D eigenvalue weighted by molar-refractivity contribution is 0.308. The standard InChI is InChI=1S/C13H23N3/c1-9(5-14)15-6-10(2)16-7-11-12(8-16)13(11,3)4/h5,11-12,15H,2,6-8,14H2,1,3-4H3/b9-5+. The second kappa shape index (κ2) is 3.72. The number of nitrogens with one attached hydrogen (secondary N) is 1. The van der Waals surface area contributed by atoms with Crippen LogP contribution in [0.2, 0.25) is 0 Å². The lowest BCUT2D eigenvalue weighted by atomic mass is 10.1. The van der Waals surface area contributed by atoms with Crippen LogP contribution in [0.25, 0.3) is 0 Å². The summed E-state index contributed by atoms with van der Waals surface area (Å²) in [5.74, 6) is 1.77. The van der Waals surface area contributed by atoms with E-state index in [-0.39, 0.29) is 0 Å². The van der Waals surface area contributed by atoms with E-state index in [0.717, 1.165) is 24.1 Å². The van der Waals surface area contributed by atoms with E-state index in [9.17, 15) is 0 Å². The summed E-state index contributed by atoms with van der Waals surface area (Å²) in [5.41, 5.74) is 8.18. The van der Waals surface area contributed by atoms with Crippen molar-refractivity contribution in [2.45, 2.75) is 20.8 Å². The Morgan fingerprint density at radius 2 is 2.06 bits per heavy atom. The quantitative estimate of drug-likeness (QED) is 0.756. The summed E-state index contributed by atoms with van der Waals surface area (Å²) in [4.78, 5) is 2.41. The van der Waals surface area contributed by atoms with Gasteiger partial charge in [-0.15, -0.1) is 0 Å². The Hall–Kier alpha value is -1.12. The molecule has 0 spiro atoms. The fourth-order valence-electron chi connectivity index (χ4n) is 2.80. The molecule has 2 unspecified atom stereocenters. The van der Waals surface area contributed by atoms with E-state index < -0.39 is 0 Å². The lowest BCUT2D eigenvalue weighted by Crippen LogP contribution is -2.30. The SMILES string of the molecule is C=C(CN/C(C)=C/N)N1CC2C(C1)C2(C)C. The van der Waals surface area contributed by atoms with Crippen molar-refractivity contribution in [3.63, 3.8) is 0 Å². The van der Waals surface area contributed by atoms with Gasteiger partial charge >= 0.3 is 0 Å². The molecule has 16 heavy (non-hydrogen) atoms. The third kappa shape index (κ3) is 1.79. The predicted molar refractivity (Wildman–Crippen MR) is 67.4 cm³/mol. The van der Waals surface area contributed by atoms with Gasteiger partial charge in [-0.3, -0.25) is 0 Å². The fraction of sp³-hybridized carbons (Fsp3) is 0.692. The number of hydrogen-bond donors (Lipinski definition) is 2. The second-order valence-corrected chi connectivity index (χ2v) is 5.71. The zero-order chi connectivity index (χ0) is 11.9. The minimum atomic E-state index is 0.581. The van der Waals surface area contributed by atoms with Gasteiger partial charge in [-0.25, -0.2) is 0 Å². The van der Waals surface area contributed by atoms with Crippen molar-refractivity contribution in [3.8, 4) is 0 Å². The first-order chi connectivity index (χ1) is 7.46. The molecule has 2 fully saturated rings.